The molecule has 0 bridgehead atoms. The second-order valence-electron chi connectivity index (χ2n) is 4.01. The molecule has 0 amide bonds. The van der Waals surface area contributed by atoms with Gasteiger partial charge in [-0.05, 0) is 25.1 Å². The summed E-state index contributed by atoms with van der Waals surface area (Å²) in [5.74, 6) is 0.640. The highest BCUT2D eigenvalue weighted by Gasteiger charge is 2.07. The molecule has 2 rings (SSSR count). The number of aromatic nitrogens is 2. The zero-order chi connectivity index (χ0) is 13.7. The second-order valence-corrected chi connectivity index (χ2v) is 4.01. The van der Waals surface area contributed by atoms with E-state index in [1.807, 2.05) is 31.2 Å². The maximum absolute atomic E-state index is 8.95. The van der Waals surface area contributed by atoms with E-state index in [1.54, 1.807) is 12.3 Å². The van der Waals surface area contributed by atoms with Gasteiger partial charge in [0.25, 0.3) is 0 Å². The first-order valence-electron chi connectivity index (χ1n) is 5.88. The number of ether oxygens (including phenoxy) is 1. The molecule has 19 heavy (non-hydrogen) atoms. The van der Waals surface area contributed by atoms with Gasteiger partial charge in [-0.1, -0.05) is 6.07 Å². The van der Waals surface area contributed by atoms with Gasteiger partial charge < -0.3 is 10.5 Å². The summed E-state index contributed by atoms with van der Waals surface area (Å²) in [4.78, 5) is 8.30. The topological polar surface area (TPSA) is 84.8 Å². The van der Waals surface area contributed by atoms with Crippen molar-refractivity contribution in [1.29, 1.82) is 5.26 Å². The van der Waals surface area contributed by atoms with Gasteiger partial charge in [-0.25, -0.2) is 4.98 Å². The maximum Gasteiger partial charge on any atom is 0.147 e. The Morgan fingerprint density at radius 1 is 1.37 bits per heavy atom. The third-order valence-corrected chi connectivity index (χ3v) is 2.65. The molecule has 0 unspecified atom stereocenters. The Morgan fingerprint density at radius 3 is 2.95 bits per heavy atom. The summed E-state index contributed by atoms with van der Waals surface area (Å²) in [5.41, 5.74) is 8.36. The number of nitrogens with zero attached hydrogens (tertiary/aromatic N) is 3. The van der Waals surface area contributed by atoms with E-state index in [1.165, 1.54) is 0 Å². The van der Waals surface area contributed by atoms with Crippen LogP contribution in [-0.4, -0.2) is 9.97 Å². The summed E-state index contributed by atoms with van der Waals surface area (Å²) in [6.07, 6.45) is 1.58. The Morgan fingerprint density at radius 2 is 2.21 bits per heavy atom. The highest BCUT2D eigenvalue weighted by molar-refractivity contribution is 5.32. The predicted molar refractivity (Wildman–Crippen MR) is 70.1 cm³/mol. The number of hydrogen-bond donors (Lipinski definition) is 1. The van der Waals surface area contributed by atoms with Crippen LogP contribution in [0.15, 0.2) is 30.5 Å². The molecule has 0 saturated heterocycles. The molecule has 0 saturated carbocycles. The van der Waals surface area contributed by atoms with Gasteiger partial charge in [-0.3, -0.25) is 4.98 Å². The van der Waals surface area contributed by atoms with Gasteiger partial charge in [-0.15, -0.1) is 0 Å². The fourth-order valence-electron chi connectivity index (χ4n) is 1.69. The first-order valence-corrected chi connectivity index (χ1v) is 5.88. The summed E-state index contributed by atoms with van der Waals surface area (Å²) < 4.78 is 5.68. The lowest BCUT2D eigenvalue weighted by Crippen LogP contribution is -2.06. The smallest absolute Gasteiger partial charge is 0.147 e. The maximum atomic E-state index is 8.95. The van der Waals surface area contributed by atoms with E-state index in [2.05, 4.69) is 9.97 Å². The molecule has 0 spiro atoms. The van der Waals surface area contributed by atoms with Crippen molar-refractivity contribution in [2.75, 3.05) is 0 Å². The Bertz CT molecular complexity index is 619. The largest absolute Gasteiger partial charge is 0.487 e. The van der Waals surface area contributed by atoms with E-state index in [0.717, 1.165) is 11.3 Å². The van der Waals surface area contributed by atoms with Gasteiger partial charge in [0.15, 0.2) is 0 Å². The van der Waals surface area contributed by atoms with Gasteiger partial charge in [0.05, 0.1) is 5.69 Å². The van der Waals surface area contributed by atoms with Crippen molar-refractivity contribution in [3.63, 3.8) is 0 Å². The van der Waals surface area contributed by atoms with Crippen molar-refractivity contribution in [2.45, 2.75) is 20.1 Å². The van der Waals surface area contributed by atoms with Crippen LogP contribution in [0.25, 0.3) is 0 Å². The average molecular weight is 254 g/mol. The molecule has 0 aliphatic carbocycles. The number of hydrogen-bond acceptors (Lipinski definition) is 5. The van der Waals surface area contributed by atoms with Crippen molar-refractivity contribution in [3.8, 4) is 11.8 Å². The molecule has 2 aromatic heterocycles. The lowest BCUT2D eigenvalue weighted by molar-refractivity contribution is 0.300. The van der Waals surface area contributed by atoms with Crippen molar-refractivity contribution < 1.29 is 4.74 Å². The summed E-state index contributed by atoms with van der Waals surface area (Å²) >= 11 is 0. The van der Waals surface area contributed by atoms with Crippen LogP contribution in [-0.2, 0) is 13.2 Å². The Hall–Kier alpha value is -2.45. The van der Waals surface area contributed by atoms with Crippen LogP contribution in [0.5, 0.6) is 5.75 Å². The molecule has 5 heteroatoms. The van der Waals surface area contributed by atoms with Crippen LogP contribution < -0.4 is 10.5 Å². The lowest BCUT2D eigenvalue weighted by atomic mass is 10.2. The van der Waals surface area contributed by atoms with E-state index in [4.69, 9.17) is 15.7 Å². The molecular weight excluding hydrogens is 240 g/mol. The minimum atomic E-state index is 0.272. The highest BCUT2D eigenvalue weighted by atomic mass is 16.5. The molecular formula is C14H14N4O. The quantitative estimate of drug-likeness (QED) is 0.897. The van der Waals surface area contributed by atoms with Crippen LogP contribution in [0.2, 0.25) is 0 Å². The predicted octanol–water partition coefficient (Wildman–Crippen LogP) is 1.69. The Labute approximate surface area is 111 Å². The SMILES string of the molecule is Cc1ccc(OCc2cccnc2C#N)c(CN)n1. The third-order valence-electron chi connectivity index (χ3n) is 2.65. The fraction of sp³-hybridized carbons (Fsp3) is 0.214. The average Bonchev–Trinajstić information content (AvgIpc) is 2.46. The fourth-order valence-corrected chi connectivity index (χ4v) is 1.69. The zero-order valence-electron chi connectivity index (χ0n) is 10.6. The molecule has 0 atom stereocenters. The molecule has 0 fully saturated rings. The van der Waals surface area contributed by atoms with Crippen LogP contribution in [0.1, 0.15) is 22.6 Å². The normalized spacial score (nSPS) is 9.95. The number of nitrogens with two attached hydrogens (primary N) is 1. The van der Waals surface area contributed by atoms with Crippen molar-refractivity contribution in [1.82, 2.24) is 9.97 Å². The molecule has 0 aliphatic heterocycles. The molecule has 2 heterocycles. The Balaban J connectivity index is 2.17. The standard InChI is InChI=1S/C14H14N4O/c1-10-4-5-14(13(8-16)18-10)19-9-11-3-2-6-17-12(11)7-15/h2-6H,8-9,16H2,1H3. The summed E-state index contributed by atoms with van der Waals surface area (Å²) in [5, 5.41) is 8.95. The minimum Gasteiger partial charge on any atom is -0.487 e. The van der Waals surface area contributed by atoms with Crippen LogP contribution in [0, 0.1) is 18.3 Å². The zero-order valence-corrected chi connectivity index (χ0v) is 10.6. The third kappa shape index (κ3) is 3.06. The number of aryl methyl sites for hydroxylation is 1. The van der Waals surface area contributed by atoms with Gasteiger partial charge in [0.1, 0.15) is 24.1 Å². The van der Waals surface area contributed by atoms with Gasteiger partial charge in [-0.2, -0.15) is 5.26 Å². The van der Waals surface area contributed by atoms with Crippen molar-refractivity contribution >= 4 is 0 Å². The monoisotopic (exact) mass is 254 g/mol. The second kappa shape index (κ2) is 5.94. The minimum absolute atomic E-state index is 0.272. The molecule has 0 aliphatic rings. The first-order chi connectivity index (χ1) is 9.24. The number of pyridine rings is 2. The summed E-state index contributed by atoms with van der Waals surface area (Å²) in [7, 11) is 0. The van der Waals surface area contributed by atoms with Crippen molar-refractivity contribution in [2.24, 2.45) is 5.73 Å². The summed E-state index contributed by atoms with van der Waals surface area (Å²) in [6, 6.07) is 9.33. The molecule has 2 N–H and O–H groups in total. The van der Waals surface area contributed by atoms with E-state index in [9.17, 15) is 0 Å². The number of nitriles is 1. The lowest BCUT2D eigenvalue weighted by Gasteiger charge is -2.10. The van der Waals surface area contributed by atoms with Gasteiger partial charge >= 0.3 is 0 Å². The van der Waals surface area contributed by atoms with Gasteiger partial charge in [0.2, 0.25) is 0 Å². The highest BCUT2D eigenvalue weighted by Crippen LogP contribution is 2.18. The summed E-state index contributed by atoms with van der Waals surface area (Å²) in [6.45, 7) is 2.49. The Kier molecular flexibility index (Phi) is 4.06. The molecule has 0 radical (unpaired) electrons. The molecule has 0 aromatic carbocycles. The number of rotatable bonds is 4. The van der Waals surface area contributed by atoms with Crippen LogP contribution in [0.4, 0.5) is 0 Å². The first kappa shape index (κ1) is 13.0. The molecule has 96 valence electrons. The van der Waals surface area contributed by atoms with E-state index >= 15 is 0 Å². The molecule has 5 nitrogen and oxygen atoms in total. The van der Waals surface area contributed by atoms with Crippen molar-refractivity contribution in [3.05, 3.63) is 53.1 Å². The van der Waals surface area contributed by atoms with E-state index in [0.29, 0.717) is 23.7 Å². The van der Waals surface area contributed by atoms with E-state index < -0.39 is 0 Å². The van der Waals surface area contributed by atoms with Crippen LogP contribution >= 0.6 is 0 Å². The molecule has 2 aromatic rings. The van der Waals surface area contributed by atoms with E-state index in [-0.39, 0.29) is 6.61 Å². The van der Waals surface area contributed by atoms with Gasteiger partial charge in [0, 0.05) is 24.0 Å². The van der Waals surface area contributed by atoms with Crippen LogP contribution in [0.3, 0.4) is 0 Å².